The van der Waals surface area contributed by atoms with Gasteiger partial charge in [0.05, 0.1) is 6.04 Å². The van der Waals surface area contributed by atoms with E-state index >= 15 is 0 Å². The molecule has 0 bridgehead atoms. The van der Waals surface area contributed by atoms with Gasteiger partial charge < -0.3 is 5.32 Å². The molecule has 1 N–H and O–H groups in total. The largest absolute Gasteiger partial charge is 0.354 e. The normalized spacial score (nSPS) is 21.4. The average molecular weight is 188 g/mol. The maximum absolute atomic E-state index is 12.2. The van der Waals surface area contributed by atoms with Crippen molar-refractivity contribution in [1.82, 2.24) is 14.8 Å². The van der Waals surface area contributed by atoms with Gasteiger partial charge >= 0.3 is 0 Å². The van der Waals surface area contributed by atoms with E-state index in [0.29, 0.717) is 5.95 Å². The lowest BCUT2D eigenvalue weighted by atomic mass is 10.2. The molecule has 1 aliphatic heterocycles. The monoisotopic (exact) mass is 188 g/mol. The lowest BCUT2D eigenvalue weighted by Gasteiger charge is -2.20. The predicted octanol–water partition coefficient (Wildman–Crippen LogP) is 1.59. The number of rotatable bonds is 1. The van der Waals surface area contributed by atoms with E-state index in [2.05, 4.69) is 15.4 Å². The highest BCUT2D eigenvalue weighted by molar-refractivity contribution is 5.27. The van der Waals surface area contributed by atoms with Crippen molar-refractivity contribution >= 4 is 5.95 Å². The molecule has 0 spiro atoms. The zero-order chi connectivity index (χ0) is 9.42. The number of nitrogens with zero attached hydrogens (tertiary/aromatic N) is 3. The summed E-state index contributed by atoms with van der Waals surface area (Å²) >= 11 is 0. The van der Waals surface area contributed by atoms with Gasteiger partial charge in [0, 0.05) is 6.54 Å². The van der Waals surface area contributed by atoms with Crippen LogP contribution in [0, 0.1) is 0 Å². The molecule has 72 valence electrons. The van der Waals surface area contributed by atoms with Crippen LogP contribution in [0.2, 0.25) is 0 Å². The van der Waals surface area contributed by atoms with E-state index in [1.807, 2.05) is 6.92 Å². The van der Waals surface area contributed by atoms with Gasteiger partial charge in [0.1, 0.15) is 0 Å². The third kappa shape index (κ3) is 1.36. The number of halogens is 2. The summed E-state index contributed by atoms with van der Waals surface area (Å²) < 4.78 is 25.9. The minimum Gasteiger partial charge on any atom is -0.354 e. The van der Waals surface area contributed by atoms with Crippen LogP contribution in [-0.2, 0) is 0 Å². The number of alkyl halides is 2. The summed E-state index contributed by atoms with van der Waals surface area (Å²) in [6.07, 6.45) is -1.70. The van der Waals surface area contributed by atoms with E-state index in [1.54, 1.807) is 0 Å². The molecule has 0 saturated carbocycles. The predicted molar refractivity (Wildman–Crippen MR) is 42.8 cm³/mol. The molecule has 0 saturated heterocycles. The number of aromatic nitrogens is 3. The zero-order valence-corrected chi connectivity index (χ0v) is 7.17. The van der Waals surface area contributed by atoms with Crippen LogP contribution in [-0.4, -0.2) is 21.3 Å². The minimum atomic E-state index is -2.59. The highest BCUT2D eigenvalue weighted by Crippen LogP contribution is 2.24. The molecule has 0 radical (unpaired) electrons. The first-order valence-corrected chi connectivity index (χ1v) is 4.17. The molecule has 2 heterocycles. The highest BCUT2D eigenvalue weighted by Gasteiger charge is 2.22. The van der Waals surface area contributed by atoms with Gasteiger partial charge in [-0.15, -0.1) is 5.10 Å². The van der Waals surface area contributed by atoms with Crippen molar-refractivity contribution in [3.05, 3.63) is 5.82 Å². The van der Waals surface area contributed by atoms with Crippen LogP contribution in [0.4, 0.5) is 14.7 Å². The van der Waals surface area contributed by atoms with Crippen molar-refractivity contribution in [2.75, 3.05) is 11.9 Å². The lowest BCUT2D eigenvalue weighted by Crippen LogP contribution is -2.21. The molecule has 1 aliphatic rings. The summed E-state index contributed by atoms with van der Waals surface area (Å²) in [5.41, 5.74) is 0. The fraction of sp³-hybridized carbons (Fsp3) is 0.714. The van der Waals surface area contributed by atoms with Gasteiger partial charge in [-0.3, -0.25) is 0 Å². The molecule has 0 fully saturated rings. The van der Waals surface area contributed by atoms with Gasteiger partial charge in [-0.25, -0.2) is 13.5 Å². The molecule has 6 heteroatoms. The lowest BCUT2D eigenvalue weighted by molar-refractivity contribution is 0.139. The topological polar surface area (TPSA) is 42.7 Å². The molecular formula is C7H10F2N4. The Hall–Kier alpha value is -1.20. The molecule has 1 aromatic heterocycles. The van der Waals surface area contributed by atoms with Crippen LogP contribution in [0.15, 0.2) is 0 Å². The van der Waals surface area contributed by atoms with Crippen molar-refractivity contribution in [1.29, 1.82) is 0 Å². The van der Waals surface area contributed by atoms with Gasteiger partial charge in [0.15, 0.2) is 0 Å². The second-order valence-corrected chi connectivity index (χ2v) is 3.10. The molecule has 0 aromatic carbocycles. The Morgan fingerprint density at radius 3 is 3.00 bits per heavy atom. The van der Waals surface area contributed by atoms with E-state index in [0.717, 1.165) is 13.0 Å². The number of hydrogen-bond acceptors (Lipinski definition) is 3. The Morgan fingerprint density at radius 2 is 2.38 bits per heavy atom. The number of anilines is 1. The Kier molecular flexibility index (Phi) is 1.90. The van der Waals surface area contributed by atoms with Crippen LogP contribution in [0.1, 0.15) is 31.6 Å². The van der Waals surface area contributed by atoms with E-state index in [4.69, 9.17) is 0 Å². The molecule has 2 rings (SSSR count). The Bertz CT molecular complexity index is 309. The number of hydrogen-bond donors (Lipinski definition) is 1. The molecule has 13 heavy (non-hydrogen) atoms. The summed E-state index contributed by atoms with van der Waals surface area (Å²) in [6, 6.07) is 0.149. The maximum Gasteiger partial charge on any atom is 0.299 e. The third-order valence-electron chi connectivity index (χ3n) is 2.11. The molecule has 1 aromatic rings. The van der Waals surface area contributed by atoms with Gasteiger partial charge in [0.25, 0.3) is 6.43 Å². The number of fused-ring (bicyclic) bond motifs is 1. The molecule has 0 aliphatic carbocycles. The summed E-state index contributed by atoms with van der Waals surface area (Å²) in [4.78, 5) is 3.69. The average Bonchev–Trinajstić information content (AvgIpc) is 2.49. The van der Waals surface area contributed by atoms with E-state index in [-0.39, 0.29) is 6.04 Å². The van der Waals surface area contributed by atoms with Crippen molar-refractivity contribution in [2.45, 2.75) is 25.8 Å². The van der Waals surface area contributed by atoms with Crippen LogP contribution >= 0.6 is 0 Å². The van der Waals surface area contributed by atoms with Gasteiger partial charge in [-0.2, -0.15) is 4.98 Å². The first-order valence-electron chi connectivity index (χ1n) is 4.17. The van der Waals surface area contributed by atoms with Gasteiger partial charge in [-0.1, -0.05) is 0 Å². The van der Waals surface area contributed by atoms with Crippen LogP contribution in [0.5, 0.6) is 0 Å². The maximum atomic E-state index is 12.2. The SMILES string of the molecule is CC1CCNc2nc(C(F)F)nn21. The molecule has 0 amide bonds. The Labute approximate surface area is 74.0 Å². The van der Waals surface area contributed by atoms with Gasteiger partial charge in [0.2, 0.25) is 11.8 Å². The molecular weight excluding hydrogens is 178 g/mol. The molecule has 1 unspecified atom stereocenters. The van der Waals surface area contributed by atoms with Crippen LogP contribution in [0.3, 0.4) is 0 Å². The first kappa shape index (κ1) is 8.40. The second kappa shape index (κ2) is 2.93. The summed E-state index contributed by atoms with van der Waals surface area (Å²) in [6.45, 7) is 2.71. The Balaban J connectivity index is 2.36. The summed E-state index contributed by atoms with van der Waals surface area (Å²) in [5.74, 6) is 0.0605. The van der Waals surface area contributed by atoms with Crippen molar-refractivity contribution in [3.63, 3.8) is 0 Å². The third-order valence-corrected chi connectivity index (χ3v) is 2.11. The van der Waals surface area contributed by atoms with Crippen molar-refractivity contribution in [2.24, 2.45) is 0 Å². The summed E-state index contributed by atoms with van der Waals surface area (Å²) in [5, 5.41) is 6.65. The first-order chi connectivity index (χ1) is 6.18. The number of nitrogens with one attached hydrogen (secondary N) is 1. The summed E-state index contributed by atoms with van der Waals surface area (Å²) in [7, 11) is 0. The molecule has 1 atom stereocenters. The van der Waals surface area contributed by atoms with E-state index in [9.17, 15) is 8.78 Å². The van der Waals surface area contributed by atoms with Gasteiger partial charge in [-0.05, 0) is 13.3 Å². The van der Waals surface area contributed by atoms with Crippen molar-refractivity contribution in [3.8, 4) is 0 Å². The van der Waals surface area contributed by atoms with Crippen LogP contribution in [0.25, 0.3) is 0 Å². The second-order valence-electron chi connectivity index (χ2n) is 3.10. The smallest absolute Gasteiger partial charge is 0.299 e. The fourth-order valence-electron chi connectivity index (χ4n) is 1.38. The highest BCUT2D eigenvalue weighted by atomic mass is 19.3. The van der Waals surface area contributed by atoms with Crippen molar-refractivity contribution < 1.29 is 8.78 Å². The molecule has 4 nitrogen and oxygen atoms in total. The van der Waals surface area contributed by atoms with E-state index < -0.39 is 12.2 Å². The Morgan fingerprint density at radius 1 is 1.62 bits per heavy atom. The minimum absolute atomic E-state index is 0.149. The zero-order valence-electron chi connectivity index (χ0n) is 7.17. The fourth-order valence-corrected chi connectivity index (χ4v) is 1.38. The standard InChI is InChI=1S/C7H10F2N4/c1-4-2-3-10-7-11-6(5(8)9)12-13(4)7/h4-5H,2-3H2,1H3,(H,10,11,12). The van der Waals surface area contributed by atoms with E-state index in [1.165, 1.54) is 4.68 Å². The quantitative estimate of drug-likeness (QED) is 0.727. The van der Waals surface area contributed by atoms with Crippen LogP contribution < -0.4 is 5.32 Å².